The monoisotopic (exact) mass is 566 g/mol. The molecule has 9 heteroatoms. The maximum atomic E-state index is 13.8. The van der Waals surface area contributed by atoms with Crippen LogP contribution in [-0.4, -0.2) is 33.6 Å². The van der Waals surface area contributed by atoms with Crippen LogP contribution in [0.2, 0.25) is 0 Å². The smallest absolute Gasteiger partial charge is 0.278 e. The van der Waals surface area contributed by atoms with E-state index in [9.17, 15) is 9.18 Å². The lowest BCUT2D eigenvalue weighted by molar-refractivity contribution is 0.300. The van der Waals surface area contributed by atoms with Gasteiger partial charge in [-0.05, 0) is 73.0 Å². The summed E-state index contributed by atoms with van der Waals surface area (Å²) < 4.78 is 33.8. The number of imidazole rings is 1. The highest BCUT2D eigenvalue weighted by Crippen LogP contribution is 2.27. The lowest BCUT2D eigenvalue weighted by Gasteiger charge is -2.17. The molecule has 1 unspecified atom stereocenters. The second-order valence-corrected chi connectivity index (χ2v) is 9.72. The van der Waals surface area contributed by atoms with Gasteiger partial charge in [0.2, 0.25) is 0 Å². The van der Waals surface area contributed by atoms with Crippen LogP contribution >= 0.6 is 0 Å². The molecule has 0 bridgehead atoms. The van der Waals surface area contributed by atoms with Crippen molar-refractivity contribution in [2.24, 2.45) is 0 Å². The van der Waals surface area contributed by atoms with Crippen molar-refractivity contribution in [3.05, 3.63) is 130 Å². The summed E-state index contributed by atoms with van der Waals surface area (Å²) in [7, 11) is 3.22. The van der Waals surface area contributed by atoms with Crippen molar-refractivity contribution in [2.75, 3.05) is 14.2 Å². The Morgan fingerprint density at radius 2 is 1.71 bits per heavy atom. The molecule has 8 nitrogen and oxygen atoms in total. The third kappa shape index (κ3) is 6.25. The van der Waals surface area contributed by atoms with Gasteiger partial charge in [-0.3, -0.25) is 4.79 Å². The Morgan fingerprint density at radius 3 is 2.38 bits per heavy atom. The van der Waals surface area contributed by atoms with E-state index >= 15 is 0 Å². The van der Waals surface area contributed by atoms with Crippen molar-refractivity contribution in [1.29, 1.82) is 0 Å². The van der Waals surface area contributed by atoms with E-state index in [1.54, 1.807) is 38.8 Å². The molecule has 2 heterocycles. The average Bonchev–Trinajstić information content (AvgIpc) is 3.45. The molecule has 0 fully saturated rings. The number of halogens is 1. The molecular weight excluding hydrogens is 535 g/mol. The number of aryl methyl sites for hydroxylation is 1. The minimum Gasteiger partial charge on any atom is -0.497 e. The first-order chi connectivity index (χ1) is 20.4. The summed E-state index contributed by atoms with van der Waals surface area (Å²) in [5.74, 6) is 1.39. The molecule has 0 saturated heterocycles. The predicted molar refractivity (Wildman–Crippen MR) is 160 cm³/mol. The van der Waals surface area contributed by atoms with Crippen molar-refractivity contribution < 1.29 is 18.6 Å². The average molecular weight is 567 g/mol. The summed E-state index contributed by atoms with van der Waals surface area (Å²) in [5.41, 5.74) is 4.22. The number of benzene rings is 3. The molecular formula is C33H31FN4O4. The Bertz CT molecular complexity index is 1760. The highest BCUT2D eigenvalue weighted by molar-refractivity contribution is 5.73. The zero-order chi connectivity index (χ0) is 29.6. The number of methoxy groups -OCH3 is 2. The molecule has 0 aliphatic heterocycles. The largest absolute Gasteiger partial charge is 0.497 e. The quantitative estimate of drug-likeness (QED) is 0.199. The molecule has 5 aromatic rings. The normalized spacial score (nSPS) is 11.9. The van der Waals surface area contributed by atoms with Gasteiger partial charge in [0.15, 0.2) is 5.75 Å². The maximum absolute atomic E-state index is 13.8. The van der Waals surface area contributed by atoms with Gasteiger partial charge in [0, 0.05) is 6.20 Å². The standard InChI is InChI=1S/C33H31FN4O4/c1-22-19-37(21-35-22)30-16-8-24(17-31(30)41-4)7-15-29-32(42-20-25-5-13-28(40-3)14-6-25)18-36-38(33(29)39)23(2)26-9-11-27(34)12-10-26/h5-19,21,23H,20H2,1-4H3/b15-7+. The number of hydrogen-bond acceptors (Lipinski definition) is 6. The molecule has 0 amide bonds. The van der Waals surface area contributed by atoms with E-state index in [0.717, 1.165) is 33.8 Å². The van der Waals surface area contributed by atoms with Gasteiger partial charge in [-0.25, -0.2) is 14.1 Å². The maximum Gasteiger partial charge on any atom is 0.278 e. The first-order valence-corrected chi connectivity index (χ1v) is 13.4. The van der Waals surface area contributed by atoms with Crippen LogP contribution in [0.15, 0.2) is 90.2 Å². The van der Waals surface area contributed by atoms with Gasteiger partial charge in [0.25, 0.3) is 5.56 Å². The molecule has 0 aliphatic rings. The van der Waals surface area contributed by atoms with Crippen molar-refractivity contribution in [3.8, 4) is 22.9 Å². The zero-order valence-electron chi connectivity index (χ0n) is 23.8. The Morgan fingerprint density at radius 1 is 0.952 bits per heavy atom. The highest BCUT2D eigenvalue weighted by atomic mass is 19.1. The molecule has 214 valence electrons. The van der Waals surface area contributed by atoms with E-state index in [1.807, 2.05) is 73.2 Å². The van der Waals surface area contributed by atoms with E-state index in [4.69, 9.17) is 14.2 Å². The van der Waals surface area contributed by atoms with Gasteiger partial charge in [-0.2, -0.15) is 5.10 Å². The molecule has 2 aromatic heterocycles. The lowest BCUT2D eigenvalue weighted by Crippen LogP contribution is -2.28. The Labute approximate surface area is 243 Å². The molecule has 5 rings (SSSR count). The van der Waals surface area contributed by atoms with Crippen molar-refractivity contribution in [2.45, 2.75) is 26.5 Å². The zero-order valence-corrected chi connectivity index (χ0v) is 23.8. The minimum absolute atomic E-state index is 0.232. The van der Waals surface area contributed by atoms with Crippen LogP contribution in [0, 0.1) is 12.7 Å². The molecule has 0 N–H and O–H groups in total. The molecule has 0 spiro atoms. The fraction of sp³-hybridized carbons (Fsp3) is 0.182. The second kappa shape index (κ2) is 12.6. The van der Waals surface area contributed by atoms with Crippen LogP contribution in [-0.2, 0) is 6.61 Å². The van der Waals surface area contributed by atoms with Gasteiger partial charge in [0.1, 0.15) is 23.9 Å². The Balaban J connectivity index is 1.50. The van der Waals surface area contributed by atoms with Crippen LogP contribution in [0.25, 0.3) is 17.8 Å². The van der Waals surface area contributed by atoms with E-state index in [-0.39, 0.29) is 18.0 Å². The lowest BCUT2D eigenvalue weighted by atomic mass is 10.1. The molecule has 42 heavy (non-hydrogen) atoms. The van der Waals surface area contributed by atoms with Crippen LogP contribution < -0.4 is 19.8 Å². The van der Waals surface area contributed by atoms with Gasteiger partial charge >= 0.3 is 0 Å². The van der Waals surface area contributed by atoms with Crippen LogP contribution in [0.1, 0.15) is 40.9 Å². The third-order valence-corrected chi connectivity index (χ3v) is 6.91. The Kier molecular flexibility index (Phi) is 8.47. The fourth-order valence-electron chi connectivity index (χ4n) is 4.52. The second-order valence-electron chi connectivity index (χ2n) is 9.72. The van der Waals surface area contributed by atoms with Gasteiger partial charge in [-0.15, -0.1) is 0 Å². The summed E-state index contributed by atoms with van der Waals surface area (Å²) in [6.45, 7) is 4.00. The predicted octanol–water partition coefficient (Wildman–Crippen LogP) is 6.25. The number of ether oxygens (including phenoxy) is 3. The van der Waals surface area contributed by atoms with Gasteiger partial charge in [-0.1, -0.05) is 36.4 Å². The molecule has 1 atom stereocenters. The van der Waals surface area contributed by atoms with Crippen molar-refractivity contribution in [3.63, 3.8) is 0 Å². The third-order valence-electron chi connectivity index (χ3n) is 6.91. The number of nitrogens with zero attached hydrogens (tertiary/aromatic N) is 4. The number of rotatable bonds is 10. The summed E-state index contributed by atoms with van der Waals surface area (Å²) in [4.78, 5) is 18.1. The molecule has 0 saturated carbocycles. The topological polar surface area (TPSA) is 80.4 Å². The molecule has 3 aromatic carbocycles. The SMILES string of the molecule is COc1ccc(COc2cnn(C(C)c3ccc(F)cc3)c(=O)c2/C=C/c2ccc(-n3cnc(C)c3)c(OC)c2)cc1. The Hall–Kier alpha value is -5.18. The van der Waals surface area contributed by atoms with E-state index < -0.39 is 6.04 Å². The van der Waals surface area contributed by atoms with Gasteiger partial charge in [0.05, 0.1) is 49.7 Å². The van der Waals surface area contributed by atoms with Crippen LogP contribution in [0.4, 0.5) is 4.39 Å². The summed E-state index contributed by atoms with van der Waals surface area (Å²) in [6.07, 6.45) is 8.74. The first kappa shape index (κ1) is 28.4. The van der Waals surface area contributed by atoms with Crippen molar-refractivity contribution in [1.82, 2.24) is 19.3 Å². The summed E-state index contributed by atoms with van der Waals surface area (Å²) >= 11 is 0. The summed E-state index contributed by atoms with van der Waals surface area (Å²) in [5, 5.41) is 4.41. The summed E-state index contributed by atoms with van der Waals surface area (Å²) in [6, 6.07) is 18.8. The van der Waals surface area contributed by atoms with E-state index in [0.29, 0.717) is 17.1 Å². The molecule has 0 radical (unpaired) electrons. The minimum atomic E-state index is -0.432. The molecule has 0 aliphatic carbocycles. The number of aromatic nitrogens is 4. The first-order valence-electron chi connectivity index (χ1n) is 13.4. The number of hydrogen-bond donors (Lipinski definition) is 0. The highest BCUT2D eigenvalue weighted by Gasteiger charge is 2.17. The fourth-order valence-corrected chi connectivity index (χ4v) is 4.52. The van der Waals surface area contributed by atoms with E-state index in [1.165, 1.54) is 23.0 Å². The van der Waals surface area contributed by atoms with Crippen LogP contribution in [0.5, 0.6) is 17.2 Å². The van der Waals surface area contributed by atoms with Crippen LogP contribution in [0.3, 0.4) is 0 Å². The van der Waals surface area contributed by atoms with Gasteiger partial charge < -0.3 is 18.8 Å². The van der Waals surface area contributed by atoms with Crippen molar-refractivity contribution >= 4 is 12.2 Å². The van der Waals surface area contributed by atoms with E-state index in [2.05, 4.69) is 10.1 Å².